The minimum atomic E-state index is 0.0338. The Morgan fingerprint density at radius 1 is 1.25 bits per heavy atom. The van der Waals surface area contributed by atoms with Crippen LogP contribution in [0.4, 0.5) is 5.82 Å². The number of anilines is 1. The van der Waals surface area contributed by atoms with Gasteiger partial charge in [-0.3, -0.25) is 4.79 Å². The molecule has 1 heterocycles. The molecule has 1 aliphatic carbocycles. The molecule has 1 N–H and O–H groups in total. The highest BCUT2D eigenvalue weighted by Crippen LogP contribution is 2.28. The zero-order chi connectivity index (χ0) is 16.8. The molecule has 1 fully saturated rings. The predicted molar refractivity (Wildman–Crippen MR) is 101 cm³/mol. The summed E-state index contributed by atoms with van der Waals surface area (Å²) in [4.78, 5) is 12.2. The van der Waals surface area contributed by atoms with E-state index in [2.05, 4.69) is 10.4 Å². The van der Waals surface area contributed by atoms with Gasteiger partial charge in [-0.2, -0.15) is 5.10 Å². The highest BCUT2D eigenvalue weighted by molar-refractivity contribution is 8.00. The molecule has 0 spiro atoms. The number of rotatable bonds is 6. The fraction of sp³-hybridized carbons (Fsp3) is 0.444. The molecule has 0 bridgehead atoms. The van der Waals surface area contributed by atoms with E-state index < -0.39 is 0 Å². The fourth-order valence-electron chi connectivity index (χ4n) is 2.96. The summed E-state index contributed by atoms with van der Waals surface area (Å²) in [6.45, 7) is 0.540. The molecule has 1 amide bonds. The van der Waals surface area contributed by atoms with E-state index in [1.807, 2.05) is 30.3 Å². The maximum absolute atomic E-state index is 12.2. The van der Waals surface area contributed by atoms with Gasteiger partial charge in [0.25, 0.3) is 0 Å². The van der Waals surface area contributed by atoms with Crippen LogP contribution in [0.1, 0.15) is 37.7 Å². The highest BCUT2D eigenvalue weighted by atomic mass is 35.5. The van der Waals surface area contributed by atoms with Crippen LogP contribution >= 0.6 is 23.4 Å². The Hall–Kier alpha value is -1.46. The first kappa shape index (κ1) is 17.4. The van der Waals surface area contributed by atoms with E-state index in [0.29, 0.717) is 28.4 Å². The van der Waals surface area contributed by atoms with Crippen molar-refractivity contribution in [3.05, 3.63) is 47.1 Å². The first-order valence-electron chi connectivity index (χ1n) is 8.39. The largest absolute Gasteiger partial charge is 0.310 e. The summed E-state index contributed by atoms with van der Waals surface area (Å²) in [6.07, 6.45) is 8.10. The first-order valence-corrected chi connectivity index (χ1v) is 9.82. The summed E-state index contributed by atoms with van der Waals surface area (Å²) >= 11 is 7.98. The molecule has 3 rings (SSSR count). The van der Waals surface area contributed by atoms with Gasteiger partial charge < -0.3 is 5.32 Å². The number of carbonyl (C=O) groups excluding carboxylic acids is 1. The summed E-state index contributed by atoms with van der Waals surface area (Å²) in [5.41, 5.74) is 0.981. The van der Waals surface area contributed by atoms with Crippen LogP contribution in [-0.4, -0.2) is 26.7 Å². The summed E-state index contributed by atoms with van der Waals surface area (Å²) < 4.78 is 1.77. The first-order chi connectivity index (χ1) is 11.7. The summed E-state index contributed by atoms with van der Waals surface area (Å²) in [5.74, 6) is 1.25. The van der Waals surface area contributed by atoms with Crippen molar-refractivity contribution in [2.24, 2.45) is 0 Å². The normalized spacial score (nSPS) is 15.4. The lowest BCUT2D eigenvalue weighted by atomic mass is 10.0. The lowest BCUT2D eigenvalue weighted by molar-refractivity contribution is -0.113. The second-order valence-electron chi connectivity index (χ2n) is 6.08. The summed E-state index contributed by atoms with van der Waals surface area (Å²) in [7, 11) is 0. The average Bonchev–Trinajstić information content (AvgIpc) is 3.03. The van der Waals surface area contributed by atoms with Crippen molar-refractivity contribution in [2.45, 2.75) is 43.9 Å². The molecule has 128 valence electrons. The average molecular weight is 364 g/mol. The van der Waals surface area contributed by atoms with E-state index >= 15 is 0 Å². The van der Waals surface area contributed by atoms with Crippen molar-refractivity contribution < 1.29 is 4.79 Å². The number of halogens is 1. The number of nitrogens with zero attached hydrogens (tertiary/aromatic N) is 2. The SMILES string of the molecule is O=C(CSC1CCCCC1)Nc1ccnn1Cc1ccccc1Cl. The van der Waals surface area contributed by atoms with Crippen LogP contribution < -0.4 is 5.32 Å². The lowest BCUT2D eigenvalue weighted by Gasteiger charge is -2.20. The van der Waals surface area contributed by atoms with Crippen LogP contribution in [0, 0.1) is 0 Å². The van der Waals surface area contributed by atoms with Gasteiger partial charge in [-0.25, -0.2) is 4.68 Å². The molecule has 1 aromatic carbocycles. The maximum Gasteiger partial charge on any atom is 0.235 e. The monoisotopic (exact) mass is 363 g/mol. The van der Waals surface area contributed by atoms with E-state index in [9.17, 15) is 4.79 Å². The summed E-state index contributed by atoms with van der Waals surface area (Å²) in [6, 6.07) is 9.50. The molecule has 2 aromatic rings. The molecule has 0 aliphatic heterocycles. The van der Waals surface area contributed by atoms with E-state index in [1.54, 1.807) is 22.6 Å². The number of carbonyl (C=O) groups is 1. The molecular weight excluding hydrogens is 342 g/mol. The van der Waals surface area contributed by atoms with Gasteiger partial charge in [0.2, 0.25) is 5.91 Å². The lowest BCUT2D eigenvalue weighted by Crippen LogP contribution is -2.20. The molecular formula is C18H22ClN3OS. The number of nitrogens with one attached hydrogen (secondary N) is 1. The van der Waals surface area contributed by atoms with Gasteiger partial charge in [0.15, 0.2) is 0 Å². The Bertz CT molecular complexity index is 682. The molecule has 1 saturated carbocycles. The minimum absolute atomic E-state index is 0.0338. The van der Waals surface area contributed by atoms with Gasteiger partial charge in [-0.1, -0.05) is 49.1 Å². The zero-order valence-electron chi connectivity index (χ0n) is 13.6. The van der Waals surface area contributed by atoms with Crippen molar-refractivity contribution in [2.75, 3.05) is 11.1 Å². The predicted octanol–water partition coefficient (Wildman–Crippen LogP) is 4.59. The van der Waals surface area contributed by atoms with Crippen LogP contribution in [0.15, 0.2) is 36.5 Å². The van der Waals surface area contributed by atoms with Crippen molar-refractivity contribution in [3.63, 3.8) is 0 Å². The van der Waals surface area contributed by atoms with Crippen LogP contribution in [0.5, 0.6) is 0 Å². The second-order valence-corrected chi connectivity index (χ2v) is 7.78. The Labute approximate surface area is 152 Å². The van der Waals surface area contributed by atoms with Gasteiger partial charge in [-0.05, 0) is 24.5 Å². The van der Waals surface area contributed by atoms with E-state index in [1.165, 1.54) is 32.1 Å². The smallest absolute Gasteiger partial charge is 0.235 e. The van der Waals surface area contributed by atoms with Crippen LogP contribution in [-0.2, 0) is 11.3 Å². The molecule has 6 heteroatoms. The third-order valence-electron chi connectivity index (χ3n) is 4.26. The van der Waals surface area contributed by atoms with Crippen molar-refractivity contribution >= 4 is 35.1 Å². The summed E-state index contributed by atoms with van der Waals surface area (Å²) in [5, 5.41) is 8.60. The Morgan fingerprint density at radius 2 is 2.04 bits per heavy atom. The molecule has 0 radical (unpaired) electrons. The number of benzene rings is 1. The van der Waals surface area contributed by atoms with Gasteiger partial charge in [0.05, 0.1) is 18.5 Å². The Kier molecular flexibility index (Phi) is 6.21. The topological polar surface area (TPSA) is 46.9 Å². The van der Waals surface area contributed by atoms with Crippen molar-refractivity contribution in [1.29, 1.82) is 0 Å². The minimum Gasteiger partial charge on any atom is -0.310 e. The van der Waals surface area contributed by atoms with Crippen molar-refractivity contribution in [3.8, 4) is 0 Å². The second kappa shape index (κ2) is 8.58. The third kappa shape index (κ3) is 4.77. The van der Waals surface area contributed by atoms with Gasteiger partial charge in [0, 0.05) is 16.3 Å². The number of aromatic nitrogens is 2. The Morgan fingerprint density at radius 3 is 2.83 bits per heavy atom. The molecule has 24 heavy (non-hydrogen) atoms. The van der Waals surface area contributed by atoms with Crippen LogP contribution in [0.2, 0.25) is 5.02 Å². The highest BCUT2D eigenvalue weighted by Gasteiger charge is 2.16. The number of hydrogen-bond donors (Lipinski definition) is 1. The third-order valence-corrected chi connectivity index (χ3v) is 6.00. The van der Waals surface area contributed by atoms with E-state index in [-0.39, 0.29) is 5.91 Å². The van der Waals surface area contributed by atoms with Gasteiger partial charge in [0.1, 0.15) is 5.82 Å². The molecule has 0 saturated heterocycles. The van der Waals surface area contributed by atoms with E-state index in [4.69, 9.17) is 11.6 Å². The van der Waals surface area contributed by atoms with Crippen molar-refractivity contribution in [1.82, 2.24) is 9.78 Å². The van der Waals surface area contributed by atoms with Crippen LogP contribution in [0.3, 0.4) is 0 Å². The standard InChI is InChI=1S/C18H22ClN3OS/c19-16-9-5-4-6-14(16)12-22-17(10-11-20-22)21-18(23)13-24-15-7-2-1-3-8-15/h4-6,9-11,15H,1-3,7-8,12-13H2,(H,21,23). The molecule has 0 atom stereocenters. The van der Waals surface area contributed by atoms with Crippen LogP contribution in [0.25, 0.3) is 0 Å². The number of hydrogen-bond acceptors (Lipinski definition) is 3. The molecule has 0 unspecified atom stereocenters. The van der Waals surface area contributed by atoms with E-state index in [0.717, 1.165) is 5.56 Å². The maximum atomic E-state index is 12.2. The molecule has 1 aliphatic rings. The number of thioether (sulfide) groups is 1. The fourth-order valence-corrected chi connectivity index (χ4v) is 4.28. The molecule has 4 nitrogen and oxygen atoms in total. The molecule has 1 aromatic heterocycles. The quantitative estimate of drug-likeness (QED) is 0.816. The number of amides is 1. The Balaban J connectivity index is 1.55. The van der Waals surface area contributed by atoms with Gasteiger partial charge >= 0.3 is 0 Å². The zero-order valence-corrected chi connectivity index (χ0v) is 15.2. The van der Waals surface area contributed by atoms with Gasteiger partial charge in [-0.15, -0.1) is 11.8 Å².